The topological polar surface area (TPSA) is 72.2 Å². The Morgan fingerprint density at radius 1 is 1.23 bits per heavy atom. The SMILES string of the molecule is CC(C)(Oc1ccc(C#N)cn1)C(=O)OCc1ccccc1. The van der Waals surface area contributed by atoms with Gasteiger partial charge in [0.15, 0.2) is 0 Å². The van der Waals surface area contributed by atoms with Gasteiger partial charge in [-0.15, -0.1) is 0 Å². The molecule has 2 rings (SSSR count). The molecule has 1 aromatic carbocycles. The second-order valence-electron chi connectivity index (χ2n) is 5.17. The molecule has 2 aromatic rings. The Kier molecular flexibility index (Phi) is 4.74. The molecule has 0 amide bonds. The molecule has 0 aliphatic rings. The third-order valence-electron chi connectivity index (χ3n) is 2.93. The average molecular weight is 296 g/mol. The number of carbonyl (C=O) groups is 1. The lowest BCUT2D eigenvalue weighted by Crippen LogP contribution is -2.39. The van der Waals surface area contributed by atoms with Crippen LogP contribution in [0.2, 0.25) is 0 Å². The van der Waals surface area contributed by atoms with Gasteiger partial charge in [0, 0.05) is 12.3 Å². The molecule has 0 N–H and O–H groups in total. The highest BCUT2D eigenvalue weighted by atomic mass is 16.6. The van der Waals surface area contributed by atoms with E-state index in [4.69, 9.17) is 14.7 Å². The Bertz CT molecular complexity index is 673. The number of rotatable bonds is 5. The molecular weight excluding hydrogens is 280 g/mol. The molecule has 1 aromatic heterocycles. The summed E-state index contributed by atoms with van der Waals surface area (Å²) >= 11 is 0. The van der Waals surface area contributed by atoms with E-state index in [9.17, 15) is 4.79 Å². The fraction of sp³-hybridized carbons (Fsp3) is 0.235. The molecule has 0 radical (unpaired) electrons. The van der Waals surface area contributed by atoms with E-state index in [1.165, 1.54) is 6.20 Å². The van der Waals surface area contributed by atoms with Crippen LogP contribution in [0, 0.1) is 11.3 Å². The van der Waals surface area contributed by atoms with Crippen LogP contribution >= 0.6 is 0 Å². The number of hydrogen-bond acceptors (Lipinski definition) is 5. The Labute approximate surface area is 129 Å². The molecule has 112 valence electrons. The Balaban J connectivity index is 1.96. The number of nitriles is 1. The van der Waals surface area contributed by atoms with Gasteiger partial charge < -0.3 is 9.47 Å². The molecule has 0 unspecified atom stereocenters. The average Bonchev–Trinajstić information content (AvgIpc) is 2.54. The van der Waals surface area contributed by atoms with Gasteiger partial charge in [0.25, 0.3) is 0 Å². The van der Waals surface area contributed by atoms with Crippen LogP contribution in [0.25, 0.3) is 0 Å². The van der Waals surface area contributed by atoms with Crippen molar-refractivity contribution in [3.05, 3.63) is 59.8 Å². The Hall–Kier alpha value is -2.87. The molecule has 0 aliphatic heterocycles. The fourth-order valence-corrected chi connectivity index (χ4v) is 1.71. The monoisotopic (exact) mass is 296 g/mol. The van der Waals surface area contributed by atoms with Crippen LogP contribution in [0.15, 0.2) is 48.7 Å². The van der Waals surface area contributed by atoms with Crippen molar-refractivity contribution < 1.29 is 14.3 Å². The van der Waals surface area contributed by atoms with Crippen molar-refractivity contribution in [2.24, 2.45) is 0 Å². The molecule has 5 nitrogen and oxygen atoms in total. The number of nitrogens with zero attached hydrogens (tertiary/aromatic N) is 2. The van der Waals surface area contributed by atoms with Gasteiger partial charge in [-0.1, -0.05) is 30.3 Å². The van der Waals surface area contributed by atoms with E-state index in [1.807, 2.05) is 36.4 Å². The molecule has 0 saturated heterocycles. The van der Waals surface area contributed by atoms with Gasteiger partial charge in [0.2, 0.25) is 11.5 Å². The van der Waals surface area contributed by atoms with Crippen LogP contribution in [-0.2, 0) is 16.1 Å². The van der Waals surface area contributed by atoms with E-state index in [0.29, 0.717) is 5.56 Å². The summed E-state index contributed by atoms with van der Waals surface area (Å²) in [6, 6.07) is 14.5. The molecule has 0 saturated carbocycles. The normalized spacial score (nSPS) is 10.6. The molecule has 0 spiro atoms. The quantitative estimate of drug-likeness (QED) is 0.793. The first-order valence-electron chi connectivity index (χ1n) is 6.77. The van der Waals surface area contributed by atoms with Crippen LogP contribution in [0.3, 0.4) is 0 Å². The third kappa shape index (κ3) is 4.06. The lowest BCUT2D eigenvalue weighted by atomic mass is 10.1. The van der Waals surface area contributed by atoms with E-state index in [1.54, 1.807) is 26.0 Å². The van der Waals surface area contributed by atoms with E-state index >= 15 is 0 Å². The third-order valence-corrected chi connectivity index (χ3v) is 2.93. The number of aromatic nitrogens is 1. The molecule has 0 atom stereocenters. The predicted octanol–water partition coefficient (Wildman–Crippen LogP) is 2.85. The summed E-state index contributed by atoms with van der Waals surface area (Å²) in [7, 11) is 0. The van der Waals surface area contributed by atoms with Crippen molar-refractivity contribution in [3.8, 4) is 11.9 Å². The van der Waals surface area contributed by atoms with Crippen molar-refractivity contribution in [2.45, 2.75) is 26.1 Å². The van der Waals surface area contributed by atoms with Crippen LogP contribution < -0.4 is 4.74 Å². The summed E-state index contributed by atoms with van der Waals surface area (Å²) in [5, 5.41) is 8.72. The summed E-state index contributed by atoms with van der Waals surface area (Å²) in [4.78, 5) is 16.1. The predicted molar refractivity (Wildman–Crippen MR) is 79.9 cm³/mol. The van der Waals surface area contributed by atoms with Crippen LogP contribution in [-0.4, -0.2) is 16.6 Å². The molecule has 1 heterocycles. The summed E-state index contributed by atoms with van der Waals surface area (Å²) in [6.45, 7) is 3.41. The van der Waals surface area contributed by atoms with Crippen LogP contribution in [0.5, 0.6) is 5.88 Å². The van der Waals surface area contributed by atoms with Gasteiger partial charge in [0.05, 0.1) is 5.56 Å². The number of hydrogen-bond donors (Lipinski definition) is 0. The fourth-order valence-electron chi connectivity index (χ4n) is 1.71. The number of benzene rings is 1. The highest BCUT2D eigenvalue weighted by Gasteiger charge is 2.32. The number of pyridine rings is 1. The minimum atomic E-state index is -1.17. The van der Waals surface area contributed by atoms with E-state index in [2.05, 4.69) is 4.98 Å². The second kappa shape index (κ2) is 6.72. The summed E-state index contributed by atoms with van der Waals surface area (Å²) in [6.07, 6.45) is 1.39. The smallest absolute Gasteiger partial charge is 0.350 e. The molecule has 0 fully saturated rings. The largest absolute Gasteiger partial charge is 0.460 e. The maximum Gasteiger partial charge on any atom is 0.350 e. The highest BCUT2D eigenvalue weighted by Crippen LogP contribution is 2.18. The maximum atomic E-state index is 12.1. The maximum absolute atomic E-state index is 12.1. The summed E-state index contributed by atoms with van der Waals surface area (Å²) in [5.41, 5.74) is 0.163. The first-order valence-corrected chi connectivity index (χ1v) is 6.77. The number of esters is 1. The Morgan fingerprint density at radius 3 is 2.55 bits per heavy atom. The first-order chi connectivity index (χ1) is 10.5. The van der Waals surface area contributed by atoms with Gasteiger partial charge >= 0.3 is 5.97 Å². The Morgan fingerprint density at radius 2 is 1.95 bits per heavy atom. The van der Waals surface area contributed by atoms with Gasteiger partial charge in [-0.05, 0) is 25.5 Å². The van der Waals surface area contributed by atoms with Crippen molar-refractivity contribution in [2.75, 3.05) is 0 Å². The minimum Gasteiger partial charge on any atom is -0.460 e. The zero-order chi connectivity index (χ0) is 16.0. The lowest BCUT2D eigenvalue weighted by Gasteiger charge is -2.23. The molecule has 0 aliphatic carbocycles. The number of carbonyl (C=O) groups excluding carboxylic acids is 1. The second-order valence-corrected chi connectivity index (χ2v) is 5.17. The van der Waals surface area contributed by atoms with E-state index in [0.717, 1.165) is 5.56 Å². The van der Waals surface area contributed by atoms with Crippen molar-refractivity contribution in [1.29, 1.82) is 5.26 Å². The van der Waals surface area contributed by atoms with Gasteiger partial charge in [0.1, 0.15) is 12.7 Å². The minimum absolute atomic E-state index is 0.188. The molecule has 0 bridgehead atoms. The van der Waals surface area contributed by atoms with Crippen molar-refractivity contribution >= 4 is 5.97 Å². The summed E-state index contributed by atoms with van der Waals surface area (Å²) in [5.74, 6) is -0.219. The van der Waals surface area contributed by atoms with Crippen LogP contribution in [0.1, 0.15) is 25.0 Å². The molecule has 22 heavy (non-hydrogen) atoms. The highest BCUT2D eigenvalue weighted by molar-refractivity contribution is 5.79. The van der Waals surface area contributed by atoms with Crippen molar-refractivity contribution in [1.82, 2.24) is 4.98 Å². The first kappa shape index (κ1) is 15.5. The van der Waals surface area contributed by atoms with Gasteiger partial charge in [-0.25, -0.2) is 9.78 Å². The summed E-state index contributed by atoms with van der Waals surface area (Å²) < 4.78 is 10.8. The van der Waals surface area contributed by atoms with E-state index < -0.39 is 11.6 Å². The van der Waals surface area contributed by atoms with Gasteiger partial charge in [-0.2, -0.15) is 5.26 Å². The zero-order valence-corrected chi connectivity index (χ0v) is 12.4. The molecule has 5 heteroatoms. The van der Waals surface area contributed by atoms with Crippen LogP contribution in [0.4, 0.5) is 0 Å². The van der Waals surface area contributed by atoms with Gasteiger partial charge in [-0.3, -0.25) is 0 Å². The standard InChI is InChI=1S/C17H16N2O3/c1-17(2,22-15-9-8-14(10-18)11-19-15)16(20)21-12-13-6-4-3-5-7-13/h3-9,11H,12H2,1-2H3. The lowest BCUT2D eigenvalue weighted by molar-refractivity contribution is -0.160. The van der Waals surface area contributed by atoms with E-state index in [-0.39, 0.29) is 12.5 Å². The molecular formula is C17H16N2O3. The van der Waals surface area contributed by atoms with Crippen molar-refractivity contribution in [3.63, 3.8) is 0 Å². The zero-order valence-electron chi connectivity index (χ0n) is 12.4. The number of ether oxygens (including phenoxy) is 2.